The number of para-hydroxylation sites is 1. The van der Waals surface area contributed by atoms with Crippen molar-refractivity contribution in [3.8, 4) is 17.2 Å². The molecule has 0 bridgehead atoms. The highest BCUT2D eigenvalue weighted by atomic mass is 16.7. The van der Waals surface area contributed by atoms with Crippen molar-refractivity contribution in [3.63, 3.8) is 0 Å². The van der Waals surface area contributed by atoms with E-state index in [0.29, 0.717) is 12.5 Å². The number of hydrogen-bond donors (Lipinski definition) is 1. The van der Waals surface area contributed by atoms with Crippen LogP contribution < -0.4 is 14.8 Å². The summed E-state index contributed by atoms with van der Waals surface area (Å²) in [4.78, 5) is 0. The zero-order valence-electron chi connectivity index (χ0n) is 14.2. The summed E-state index contributed by atoms with van der Waals surface area (Å²) in [5, 5.41) is 3.42. The number of rotatable bonds is 2. The topological polar surface area (TPSA) is 49.0 Å². The molecule has 5 nitrogen and oxygen atoms in total. The highest BCUT2D eigenvalue weighted by molar-refractivity contribution is 5.56. The first-order chi connectivity index (χ1) is 12.3. The second-order valence-electron chi connectivity index (χ2n) is 6.80. The molecule has 5 rings (SSSR count). The molecular weight excluding hydrogens is 318 g/mol. The molecule has 0 aliphatic carbocycles. The monoisotopic (exact) mass is 339 g/mol. The van der Waals surface area contributed by atoms with Crippen LogP contribution in [0.1, 0.15) is 17.5 Å². The lowest BCUT2D eigenvalue weighted by Crippen LogP contribution is -2.34. The van der Waals surface area contributed by atoms with E-state index in [2.05, 4.69) is 5.32 Å². The average molecular weight is 339 g/mol. The third-order valence-electron chi connectivity index (χ3n) is 5.40. The van der Waals surface area contributed by atoms with Crippen molar-refractivity contribution in [2.24, 2.45) is 5.92 Å². The molecule has 1 N–H and O–H groups in total. The number of benzene rings is 2. The number of ether oxygens (including phenoxy) is 4. The highest BCUT2D eigenvalue weighted by Gasteiger charge is 2.52. The Hall–Kier alpha value is -2.08. The van der Waals surface area contributed by atoms with Crippen LogP contribution >= 0.6 is 0 Å². The first-order valence-corrected chi connectivity index (χ1v) is 8.78. The van der Waals surface area contributed by atoms with Gasteiger partial charge in [0.15, 0.2) is 0 Å². The van der Waals surface area contributed by atoms with Gasteiger partial charge in [-0.3, -0.25) is 0 Å². The Morgan fingerprint density at radius 1 is 1.12 bits per heavy atom. The van der Waals surface area contributed by atoms with E-state index in [1.54, 1.807) is 7.11 Å². The van der Waals surface area contributed by atoms with Crippen LogP contribution in [0.3, 0.4) is 0 Å². The van der Waals surface area contributed by atoms with Gasteiger partial charge in [0.05, 0.1) is 30.9 Å². The molecule has 2 saturated heterocycles. The summed E-state index contributed by atoms with van der Waals surface area (Å²) in [5.74, 6) is 1.85. The summed E-state index contributed by atoms with van der Waals surface area (Å²) in [5.41, 5.74) is 1.79. The van der Waals surface area contributed by atoms with Gasteiger partial charge in [-0.05, 0) is 43.3 Å². The minimum atomic E-state index is -0.925. The Kier molecular flexibility index (Phi) is 3.48. The van der Waals surface area contributed by atoms with E-state index in [9.17, 15) is 0 Å². The molecule has 3 heterocycles. The van der Waals surface area contributed by atoms with E-state index in [-0.39, 0.29) is 6.10 Å². The zero-order chi connectivity index (χ0) is 16.9. The van der Waals surface area contributed by atoms with E-state index >= 15 is 0 Å². The third kappa shape index (κ3) is 2.27. The first kappa shape index (κ1) is 15.2. The van der Waals surface area contributed by atoms with Gasteiger partial charge < -0.3 is 24.3 Å². The smallest absolute Gasteiger partial charge is 0.230 e. The van der Waals surface area contributed by atoms with Crippen LogP contribution in [0.2, 0.25) is 0 Å². The molecule has 3 atom stereocenters. The minimum absolute atomic E-state index is 0.0696. The second kappa shape index (κ2) is 5.73. The van der Waals surface area contributed by atoms with E-state index in [0.717, 1.165) is 47.9 Å². The normalized spacial score (nSPS) is 30.0. The maximum atomic E-state index is 6.63. The van der Waals surface area contributed by atoms with Crippen LogP contribution in [-0.4, -0.2) is 32.9 Å². The highest BCUT2D eigenvalue weighted by Crippen LogP contribution is 2.53. The van der Waals surface area contributed by atoms with Gasteiger partial charge in [-0.25, -0.2) is 0 Å². The molecule has 0 amide bonds. The van der Waals surface area contributed by atoms with Gasteiger partial charge in [0.1, 0.15) is 17.2 Å². The summed E-state index contributed by atoms with van der Waals surface area (Å²) in [6.07, 6.45) is 1.19. The molecular formula is C20H21NO4. The largest absolute Gasteiger partial charge is 0.497 e. The quantitative estimate of drug-likeness (QED) is 0.911. The lowest BCUT2D eigenvalue weighted by atomic mass is 9.92. The van der Waals surface area contributed by atoms with E-state index in [1.807, 2.05) is 42.5 Å². The van der Waals surface area contributed by atoms with Crippen molar-refractivity contribution < 1.29 is 18.9 Å². The predicted molar refractivity (Wildman–Crippen MR) is 92.1 cm³/mol. The van der Waals surface area contributed by atoms with Crippen molar-refractivity contribution in [1.29, 1.82) is 0 Å². The molecule has 2 aromatic carbocycles. The first-order valence-electron chi connectivity index (χ1n) is 8.78. The molecule has 1 spiro atoms. The predicted octanol–water partition coefficient (Wildman–Crippen LogP) is 3.03. The third-order valence-corrected chi connectivity index (χ3v) is 5.40. The molecule has 25 heavy (non-hydrogen) atoms. The van der Waals surface area contributed by atoms with Gasteiger partial charge in [-0.1, -0.05) is 12.1 Å². The summed E-state index contributed by atoms with van der Waals surface area (Å²) in [7, 11) is 1.66. The Bertz CT molecular complexity index is 802. The van der Waals surface area contributed by atoms with Crippen LogP contribution in [-0.2, 0) is 15.3 Å². The number of nitrogens with one attached hydrogen (secondary N) is 1. The molecule has 0 radical (unpaired) electrons. The van der Waals surface area contributed by atoms with Crippen LogP contribution in [0.25, 0.3) is 0 Å². The van der Waals surface area contributed by atoms with Crippen molar-refractivity contribution in [2.45, 2.75) is 18.3 Å². The van der Waals surface area contributed by atoms with Gasteiger partial charge in [-0.2, -0.15) is 0 Å². The van der Waals surface area contributed by atoms with Gasteiger partial charge in [0.2, 0.25) is 5.79 Å². The van der Waals surface area contributed by atoms with Gasteiger partial charge >= 0.3 is 0 Å². The number of fused-ring (bicyclic) bond motifs is 4. The van der Waals surface area contributed by atoms with E-state index in [4.69, 9.17) is 18.9 Å². The van der Waals surface area contributed by atoms with Gasteiger partial charge in [-0.15, -0.1) is 0 Å². The van der Waals surface area contributed by atoms with Crippen molar-refractivity contribution in [1.82, 2.24) is 5.32 Å². The molecule has 130 valence electrons. The molecule has 5 heteroatoms. The average Bonchev–Trinajstić information content (AvgIpc) is 3.32. The Labute approximate surface area is 146 Å². The Balaban J connectivity index is 1.63. The summed E-state index contributed by atoms with van der Waals surface area (Å²) in [6.45, 7) is 2.60. The molecule has 3 aliphatic rings. The SMILES string of the molecule is COc1ccc2c(c1)C1(OCC(C3CCNC3)O1)c1ccccc1O2. The van der Waals surface area contributed by atoms with Crippen molar-refractivity contribution in [2.75, 3.05) is 26.8 Å². The fraction of sp³-hybridized carbons (Fsp3) is 0.400. The van der Waals surface area contributed by atoms with Crippen molar-refractivity contribution >= 4 is 0 Å². The molecule has 2 aromatic rings. The van der Waals surface area contributed by atoms with Crippen LogP contribution in [0.5, 0.6) is 17.2 Å². The van der Waals surface area contributed by atoms with Crippen LogP contribution in [0, 0.1) is 5.92 Å². The Morgan fingerprint density at radius 2 is 2.00 bits per heavy atom. The van der Waals surface area contributed by atoms with Gasteiger partial charge in [0, 0.05) is 12.5 Å². The maximum Gasteiger partial charge on any atom is 0.230 e. The molecule has 0 aromatic heterocycles. The fourth-order valence-electron chi connectivity index (χ4n) is 4.06. The van der Waals surface area contributed by atoms with Crippen LogP contribution in [0.15, 0.2) is 42.5 Å². The number of hydrogen-bond acceptors (Lipinski definition) is 5. The Morgan fingerprint density at radius 3 is 2.84 bits per heavy atom. The molecule has 3 unspecified atom stereocenters. The molecule has 0 saturated carbocycles. The van der Waals surface area contributed by atoms with E-state index in [1.165, 1.54) is 0 Å². The standard InChI is InChI=1S/C20H21NO4/c1-22-14-6-7-18-16(10-14)20(15-4-2-3-5-17(15)24-18)23-12-19(25-20)13-8-9-21-11-13/h2-7,10,13,19,21H,8-9,11-12H2,1H3. The maximum absolute atomic E-state index is 6.63. The fourth-order valence-corrected chi connectivity index (χ4v) is 4.06. The molecule has 2 fully saturated rings. The second-order valence-corrected chi connectivity index (χ2v) is 6.80. The summed E-state index contributed by atoms with van der Waals surface area (Å²) >= 11 is 0. The lowest BCUT2D eigenvalue weighted by molar-refractivity contribution is -0.152. The van der Waals surface area contributed by atoms with Gasteiger partial charge in [0.25, 0.3) is 0 Å². The zero-order valence-corrected chi connectivity index (χ0v) is 14.2. The summed E-state index contributed by atoms with van der Waals surface area (Å²) in [6, 6.07) is 13.7. The lowest BCUT2D eigenvalue weighted by Gasteiger charge is -2.36. The molecule has 3 aliphatic heterocycles. The van der Waals surface area contributed by atoms with E-state index < -0.39 is 5.79 Å². The number of methoxy groups -OCH3 is 1. The summed E-state index contributed by atoms with van der Waals surface area (Å²) < 4.78 is 24.5. The van der Waals surface area contributed by atoms with Crippen LogP contribution in [0.4, 0.5) is 0 Å². The van der Waals surface area contributed by atoms with Crippen molar-refractivity contribution in [3.05, 3.63) is 53.6 Å². The minimum Gasteiger partial charge on any atom is -0.497 e.